The van der Waals surface area contributed by atoms with E-state index >= 15 is 0 Å². The fraction of sp³-hybridized carbons (Fsp3) is 0. The second-order valence-electron chi connectivity index (χ2n) is 4.37. The number of fused-ring (bicyclic) bond motifs is 1. The largest absolute Gasteiger partial charge is 0.451 e. The number of carbonyl (C=O) groups excluding carboxylic acids is 1. The van der Waals surface area contributed by atoms with E-state index in [0.29, 0.717) is 21.0 Å². The van der Waals surface area contributed by atoms with Crippen LogP contribution in [0.25, 0.3) is 11.0 Å². The maximum absolute atomic E-state index is 13.1. The molecule has 6 heteroatoms. The summed E-state index contributed by atoms with van der Waals surface area (Å²) in [6, 6.07) is 8.42. The maximum atomic E-state index is 13.1. The molecule has 21 heavy (non-hydrogen) atoms. The molecule has 3 rings (SSSR count). The van der Waals surface area contributed by atoms with E-state index in [9.17, 15) is 9.18 Å². The Morgan fingerprint density at radius 3 is 2.48 bits per heavy atom. The summed E-state index contributed by atoms with van der Waals surface area (Å²) in [5, 5.41) is 1.24. The summed E-state index contributed by atoms with van der Waals surface area (Å²) in [7, 11) is 0. The molecule has 0 amide bonds. The van der Waals surface area contributed by atoms with Crippen LogP contribution >= 0.6 is 34.8 Å². The topological polar surface area (TPSA) is 30.2 Å². The third kappa shape index (κ3) is 2.64. The normalized spacial score (nSPS) is 11.0. The van der Waals surface area contributed by atoms with Crippen LogP contribution in [0.1, 0.15) is 16.1 Å². The average Bonchev–Trinajstić information content (AvgIpc) is 2.85. The van der Waals surface area contributed by atoms with Crippen LogP contribution in [0.5, 0.6) is 0 Å². The van der Waals surface area contributed by atoms with Crippen molar-refractivity contribution in [1.29, 1.82) is 0 Å². The number of rotatable bonds is 2. The molecule has 0 unspecified atom stereocenters. The van der Waals surface area contributed by atoms with Gasteiger partial charge < -0.3 is 4.42 Å². The maximum Gasteiger partial charge on any atom is 0.228 e. The SMILES string of the molecule is O=C(c1ccc(F)c(Cl)c1)c1cc2cc(Cl)cc(Cl)c2o1. The van der Waals surface area contributed by atoms with E-state index in [2.05, 4.69) is 0 Å². The Morgan fingerprint density at radius 1 is 1.00 bits per heavy atom. The first-order valence-electron chi connectivity index (χ1n) is 5.84. The lowest BCUT2D eigenvalue weighted by molar-refractivity contribution is 0.101. The number of benzene rings is 2. The van der Waals surface area contributed by atoms with Gasteiger partial charge in [0.25, 0.3) is 0 Å². The molecule has 0 radical (unpaired) electrons. The van der Waals surface area contributed by atoms with Crippen molar-refractivity contribution in [3.63, 3.8) is 0 Å². The molecule has 0 aliphatic heterocycles. The molecular weight excluding hydrogens is 338 g/mol. The monoisotopic (exact) mass is 342 g/mol. The van der Waals surface area contributed by atoms with Crippen molar-refractivity contribution < 1.29 is 13.6 Å². The average molecular weight is 344 g/mol. The molecule has 0 saturated heterocycles. The molecule has 0 spiro atoms. The minimum Gasteiger partial charge on any atom is -0.451 e. The van der Waals surface area contributed by atoms with Gasteiger partial charge in [-0.05, 0) is 36.4 Å². The zero-order chi connectivity index (χ0) is 15.1. The van der Waals surface area contributed by atoms with Gasteiger partial charge in [0.2, 0.25) is 5.78 Å². The molecule has 0 atom stereocenters. The van der Waals surface area contributed by atoms with Crippen molar-refractivity contribution in [2.45, 2.75) is 0 Å². The highest BCUT2D eigenvalue weighted by atomic mass is 35.5. The molecule has 2 nitrogen and oxygen atoms in total. The standard InChI is InChI=1S/C15H6Cl3FO2/c16-9-3-8-5-13(21-15(8)11(18)6-9)14(20)7-1-2-12(19)10(17)4-7/h1-6H. The molecule has 0 aliphatic rings. The first-order valence-corrected chi connectivity index (χ1v) is 6.97. The number of furan rings is 1. The Bertz CT molecular complexity index is 871. The summed E-state index contributed by atoms with van der Waals surface area (Å²) in [5.74, 6) is -0.926. The van der Waals surface area contributed by atoms with Crippen molar-refractivity contribution >= 4 is 51.6 Å². The van der Waals surface area contributed by atoms with Crippen molar-refractivity contribution in [1.82, 2.24) is 0 Å². The van der Waals surface area contributed by atoms with Gasteiger partial charge in [-0.15, -0.1) is 0 Å². The van der Waals surface area contributed by atoms with E-state index in [1.807, 2.05) is 0 Å². The first-order chi connectivity index (χ1) is 9.95. The third-order valence-corrected chi connectivity index (χ3v) is 3.73. The lowest BCUT2D eigenvalue weighted by Gasteiger charge is -1.99. The van der Waals surface area contributed by atoms with Crippen molar-refractivity contribution in [3.05, 3.63) is 68.6 Å². The lowest BCUT2D eigenvalue weighted by Crippen LogP contribution is -1.99. The third-order valence-electron chi connectivity index (χ3n) is 2.94. The summed E-state index contributed by atoms with van der Waals surface area (Å²) in [5.41, 5.74) is 0.598. The number of ketones is 1. The lowest BCUT2D eigenvalue weighted by atomic mass is 10.1. The molecule has 106 valence electrons. The van der Waals surface area contributed by atoms with Crippen LogP contribution in [0.2, 0.25) is 15.1 Å². The molecule has 3 aromatic rings. The predicted molar refractivity (Wildman–Crippen MR) is 81.1 cm³/mol. The molecule has 0 N–H and O–H groups in total. The molecule has 1 aromatic heterocycles. The van der Waals surface area contributed by atoms with Crippen LogP contribution in [-0.2, 0) is 0 Å². The fourth-order valence-electron chi connectivity index (χ4n) is 1.97. The van der Waals surface area contributed by atoms with Crippen LogP contribution in [0.3, 0.4) is 0 Å². The highest BCUT2D eigenvalue weighted by Gasteiger charge is 2.17. The van der Waals surface area contributed by atoms with Crippen molar-refractivity contribution in [3.8, 4) is 0 Å². The van der Waals surface area contributed by atoms with E-state index in [1.165, 1.54) is 24.3 Å². The van der Waals surface area contributed by atoms with Crippen LogP contribution in [0.15, 0.2) is 40.8 Å². The van der Waals surface area contributed by atoms with Gasteiger partial charge in [0, 0.05) is 16.0 Å². The molecule has 0 fully saturated rings. The highest BCUT2D eigenvalue weighted by molar-refractivity contribution is 6.38. The van der Waals surface area contributed by atoms with E-state index in [0.717, 1.165) is 6.07 Å². The second kappa shape index (κ2) is 5.34. The van der Waals surface area contributed by atoms with Gasteiger partial charge in [-0.1, -0.05) is 34.8 Å². The van der Waals surface area contributed by atoms with Gasteiger partial charge in [0.05, 0.1) is 10.0 Å². The molecule has 0 aliphatic carbocycles. The molecule has 0 bridgehead atoms. The van der Waals surface area contributed by atoms with Gasteiger partial charge in [-0.2, -0.15) is 0 Å². The van der Waals surface area contributed by atoms with Crippen molar-refractivity contribution in [2.75, 3.05) is 0 Å². The molecular formula is C15H6Cl3FO2. The number of hydrogen-bond donors (Lipinski definition) is 0. The first kappa shape index (κ1) is 14.4. The van der Waals surface area contributed by atoms with E-state index in [-0.39, 0.29) is 16.3 Å². The summed E-state index contributed by atoms with van der Waals surface area (Å²) in [6.45, 7) is 0. The Labute approximate surface area is 134 Å². The Hall–Kier alpha value is -1.55. The van der Waals surface area contributed by atoms with Gasteiger partial charge >= 0.3 is 0 Å². The second-order valence-corrected chi connectivity index (χ2v) is 5.63. The Kier molecular flexibility index (Phi) is 3.66. The fourth-order valence-corrected chi connectivity index (χ4v) is 2.70. The van der Waals surface area contributed by atoms with E-state index < -0.39 is 11.6 Å². The molecule has 0 saturated carbocycles. The van der Waals surface area contributed by atoms with Crippen LogP contribution in [-0.4, -0.2) is 5.78 Å². The van der Waals surface area contributed by atoms with Crippen LogP contribution in [0.4, 0.5) is 4.39 Å². The Morgan fingerprint density at radius 2 is 1.76 bits per heavy atom. The minimum absolute atomic E-state index is 0.0804. The minimum atomic E-state index is -0.590. The number of hydrogen-bond acceptors (Lipinski definition) is 2. The summed E-state index contributed by atoms with van der Waals surface area (Å²) >= 11 is 17.6. The number of carbonyl (C=O) groups is 1. The van der Waals surface area contributed by atoms with Gasteiger partial charge in [-0.25, -0.2) is 4.39 Å². The Balaban J connectivity index is 2.09. The summed E-state index contributed by atoms with van der Waals surface area (Å²) in [4.78, 5) is 12.3. The van der Waals surface area contributed by atoms with E-state index in [4.69, 9.17) is 39.2 Å². The molecule has 2 aromatic carbocycles. The van der Waals surface area contributed by atoms with Crippen molar-refractivity contribution in [2.24, 2.45) is 0 Å². The number of halogens is 4. The highest BCUT2D eigenvalue weighted by Crippen LogP contribution is 2.31. The summed E-state index contributed by atoms with van der Waals surface area (Å²) in [6.07, 6.45) is 0. The summed E-state index contributed by atoms with van der Waals surface area (Å²) < 4.78 is 18.6. The van der Waals surface area contributed by atoms with Crippen LogP contribution < -0.4 is 0 Å². The smallest absolute Gasteiger partial charge is 0.228 e. The van der Waals surface area contributed by atoms with Crippen LogP contribution in [0, 0.1) is 5.82 Å². The predicted octanol–water partition coefficient (Wildman–Crippen LogP) is 5.76. The van der Waals surface area contributed by atoms with Gasteiger partial charge in [0.15, 0.2) is 11.3 Å². The zero-order valence-corrected chi connectivity index (χ0v) is 12.6. The zero-order valence-electron chi connectivity index (χ0n) is 10.3. The molecule has 1 heterocycles. The van der Waals surface area contributed by atoms with Gasteiger partial charge in [0.1, 0.15) is 5.82 Å². The quantitative estimate of drug-likeness (QED) is 0.553. The van der Waals surface area contributed by atoms with E-state index in [1.54, 1.807) is 6.07 Å². The van der Waals surface area contributed by atoms with Gasteiger partial charge in [-0.3, -0.25) is 4.79 Å².